The van der Waals surface area contributed by atoms with Gasteiger partial charge in [-0.1, -0.05) is 27.7 Å². The average molecular weight is 202 g/mol. The van der Waals surface area contributed by atoms with Crippen LogP contribution in [0.1, 0.15) is 27.7 Å². The monoisotopic (exact) mass is 201 g/mol. The van der Waals surface area contributed by atoms with Gasteiger partial charge in [-0.05, 0) is 0 Å². The third-order valence-electron chi connectivity index (χ3n) is 1.52. The zero-order chi connectivity index (χ0) is 7.83. The number of ether oxygens (including phenoxy) is 1. The molecule has 1 rings (SSSR count). The van der Waals surface area contributed by atoms with Crippen LogP contribution in [0.15, 0.2) is 0 Å². The summed E-state index contributed by atoms with van der Waals surface area (Å²) in [7, 11) is 0. The van der Waals surface area contributed by atoms with Crippen LogP contribution < -0.4 is 12.4 Å². The second-order valence-corrected chi connectivity index (χ2v) is 4.23. The fourth-order valence-electron chi connectivity index (χ4n) is 1.43. The second kappa shape index (κ2) is 5.01. The second-order valence-electron chi connectivity index (χ2n) is 4.23. The summed E-state index contributed by atoms with van der Waals surface area (Å²) in [6.45, 7) is 9.94. The molecule has 0 N–H and O–H groups in total. The number of hydrogen-bond acceptors (Lipinski definition) is 1. The van der Waals surface area contributed by atoms with E-state index in [0.717, 1.165) is 13.2 Å². The van der Waals surface area contributed by atoms with Gasteiger partial charge in [-0.25, -0.2) is 0 Å². The molecule has 0 spiro atoms. The third kappa shape index (κ3) is 4.87. The molecule has 0 atom stereocenters. The number of halogens is 1. The maximum atomic E-state index is 5.41. The summed E-state index contributed by atoms with van der Waals surface area (Å²) < 4.78 is 5.41. The van der Waals surface area contributed by atoms with E-state index in [9.17, 15) is 0 Å². The average Bonchev–Trinajstić information content (AvgIpc) is 1.56. The summed E-state index contributed by atoms with van der Waals surface area (Å²) in [5.41, 5.74) is 0.0312. The quantitative estimate of drug-likeness (QED) is 0.442. The summed E-state index contributed by atoms with van der Waals surface area (Å²) in [4.78, 5) is 0. The normalized spacial score (nSPS) is 25.0. The van der Waals surface area contributed by atoms with E-state index in [0.29, 0.717) is 0 Å². The molecular formula is C8H16ClMgNO. The molecule has 0 radical (unpaired) electrons. The summed E-state index contributed by atoms with van der Waals surface area (Å²) >= 11 is 0. The first-order chi connectivity index (χ1) is 4.41. The van der Waals surface area contributed by atoms with Gasteiger partial charge in [-0.15, -0.1) is 11.1 Å². The summed E-state index contributed by atoms with van der Waals surface area (Å²) in [6, 6.07) is 0. The fraction of sp³-hybridized carbons (Fsp3) is 1.00. The summed E-state index contributed by atoms with van der Waals surface area (Å²) in [6.07, 6.45) is 0. The minimum absolute atomic E-state index is 0. The third-order valence-corrected chi connectivity index (χ3v) is 1.52. The van der Waals surface area contributed by atoms with Gasteiger partial charge in [0.1, 0.15) is 0 Å². The van der Waals surface area contributed by atoms with E-state index in [-0.39, 0.29) is 46.5 Å². The van der Waals surface area contributed by atoms with Crippen LogP contribution in [0.3, 0.4) is 0 Å². The molecule has 1 aliphatic heterocycles. The minimum atomic E-state index is 0. The van der Waals surface area contributed by atoms with Gasteiger partial charge in [0.25, 0.3) is 0 Å². The van der Waals surface area contributed by atoms with Crippen molar-refractivity contribution in [2.45, 2.75) is 38.8 Å². The minimum Gasteiger partial charge on any atom is -1.00 e. The largest absolute Gasteiger partial charge is 2.00 e. The van der Waals surface area contributed by atoms with Crippen LogP contribution in [0, 0.1) is 0 Å². The Kier molecular flexibility index (Phi) is 6.45. The molecule has 12 heavy (non-hydrogen) atoms. The van der Waals surface area contributed by atoms with E-state index in [4.69, 9.17) is 4.74 Å². The Hall–Kier alpha value is 0.976. The SMILES string of the molecule is CC1(C)COCC(C)(C)[N-]1.[Cl-].[Mg+2]. The van der Waals surface area contributed by atoms with Crippen molar-refractivity contribution in [1.29, 1.82) is 0 Å². The first kappa shape index (κ1) is 15.4. The molecule has 68 valence electrons. The van der Waals surface area contributed by atoms with Crippen molar-refractivity contribution in [2.24, 2.45) is 0 Å². The smallest absolute Gasteiger partial charge is 1.00 e. The summed E-state index contributed by atoms with van der Waals surface area (Å²) in [5, 5.41) is 4.62. The molecule has 0 aromatic carbocycles. The Morgan fingerprint density at radius 1 is 1.00 bits per heavy atom. The number of nitrogens with zero attached hydrogens (tertiary/aromatic N) is 1. The maximum Gasteiger partial charge on any atom is 2.00 e. The molecule has 1 aliphatic rings. The van der Waals surface area contributed by atoms with Crippen molar-refractivity contribution in [3.8, 4) is 0 Å². The van der Waals surface area contributed by atoms with Crippen LogP contribution in [0.2, 0.25) is 0 Å². The van der Waals surface area contributed by atoms with Crippen LogP contribution in [0.4, 0.5) is 0 Å². The topological polar surface area (TPSA) is 23.3 Å². The Morgan fingerprint density at radius 3 is 1.50 bits per heavy atom. The van der Waals surface area contributed by atoms with Crippen molar-refractivity contribution in [3.05, 3.63) is 5.32 Å². The van der Waals surface area contributed by atoms with E-state index in [2.05, 4.69) is 33.0 Å². The van der Waals surface area contributed by atoms with Gasteiger partial charge < -0.3 is 22.5 Å². The molecule has 0 bridgehead atoms. The molecule has 0 amide bonds. The molecule has 0 aliphatic carbocycles. The number of morpholine rings is 1. The van der Waals surface area contributed by atoms with Gasteiger partial charge in [-0.3, -0.25) is 0 Å². The molecule has 4 heteroatoms. The first-order valence-corrected chi connectivity index (χ1v) is 3.73. The Morgan fingerprint density at radius 2 is 1.33 bits per heavy atom. The molecule has 0 aromatic rings. The van der Waals surface area contributed by atoms with Gasteiger partial charge in [0.05, 0.1) is 0 Å². The van der Waals surface area contributed by atoms with Crippen molar-refractivity contribution >= 4 is 23.1 Å². The van der Waals surface area contributed by atoms with E-state index >= 15 is 0 Å². The molecule has 0 aromatic heterocycles. The van der Waals surface area contributed by atoms with E-state index in [1.54, 1.807) is 0 Å². The zero-order valence-electron chi connectivity index (χ0n) is 8.35. The van der Waals surface area contributed by atoms with Crippen LogP contribution in [0.5, 0.6) is 0 Å². The summed E-state index contributed by atoms with van der Waals surface area (Å²) in [5.74, 6) is 0. The molecule has 1 heterocycles. The molecule has 0 unspecified atom stereocenters. The van der Waals surface area contributed by atoms with Gasteiger partial charge in [0.15, 0.2) is 0 Å². The van der Waals surface area contributed by atoms with E-state index < -0.39 is 0 Å². The standard InChI is InChI=1S/C8H16NO.ClH.Mg/c1-7(2)5-10-6-8(3,4)9-7;;/h5-6H2,1-4H3;1H;/q-1;;+2/p-1. The van der Waals surface area contributed by atoms with E-state index in [1.165, 1.54) is 0 Å². The van der Waals surface area contributed by atoms with E-state index in [1.807, 2.05) is 0 Å². The first-order valence-electron chi connectivity index (χ1n) is 3.73. The van der Waals surface area contributed by atoms with Gasteiger partial charge in [-0.2, -0.15) is 0 Å². The zero-order valence-corrected chi connectivity index (χ0v) is 10.5. The fourth-order valence-corrected chi connectivity index (χ4v) is 1.43. The van der Waals surface area contributed by atoms with Crippen LogP contribution in [-0.2, 0) is 4.74 Å². The van der Waals surface area contributed by atoms with Gasteiger partial charge >= 0.3 is 23.1 Å². The van der Waals surface area contributed by atoms with Crippen molar-refractivity contribution < 1.29 is 17.1 Å². The molecular weight excluding hydrogens is 186 g/mol. The van der Waals surface area contributed by atoms with Crippen LogP contribution in [-0.4, -0.2) is 47.3 Å². The Bertz CT molecular complexity index is 125. The van der Waals surface area contributed by atoms with Crippen LogP contribution >= 0.6 is 0 Å². The predicted molar refractivity (Wildman–Crippen MR) is 48.1 cm³/mol. The number of rotatable bonds is 0. The Labute approximate surface area is 97.4 Å². The van der Waals surface area contributed by atoms with Gasteiger partial charge in [0.2, 0.25) is 0 Å². The molecule has 2 nitrogen and oxygen atoms in total. The maximum absolute atomic E-state index is 5.41. The van der Waals surface area contributed by atoms with Crippen molar-refractivity contribution in [2.75, 3.05) is 13.2 Å². The van der Waals surface area contributed by atoms with Crippen molar-refractivity contribution in [3.63, 3.8) is 0 Å². The molecule has 1 fully saturated rings. The van der Waals surface area contributed by atoms with Crippen LogP contribution in [0.25, 0.3) is 5.32 Å². The van der Waals surface area contributed by atoms with Gasteiger partial charge in [0, 0.05) is 13.2 Å². The Balaban J connectivity index is 0. The van der Waals surface area contributed by atoms with Crippen molar-refractivity contribution in [1.82, 2.24) is 0 Å². The predicted octanol–water partition coefficient (Wildman–Crippen LogP) is -1.43. The molecule has 1 saturated heterocycles. The number of hydrogen-bond donors (Lipinski definition) is 0. The molecule has 0 saturated carbocycles.